The first-order valence-corrected chi connectivity index (χ1v) is 9.11. The molecule has 7 nitrogen and oxygen atoms in total. The van der Waals surface area contributed by atoms with Gasteiger partial charge in [0.2, 0.25) is 0 Å². The van der Waals surface area contributed by atoms with Crippen LogP contribution in [-0.4, -0.2) is 51.3 Å². The zero-order valence-electron chi connectivity index (χ0n) is 14.9. The van der Waals surface area contributed by atoms with Crippen molar-refractivity contribution in [2.75, 3.05) is 18.4 Å². The van der Waals surface area contributed by atoms with Crippen molar-refractivity contribution >= 4 is 29.5 Å². The van der Waals surface area contributed by atoms with Gasteiger partial charge >= 0.3 is 0 Å². The number of halogens is 1. The Bertz CT molecular complexity index is 803. The topological polar surface area (TPSA) is 97.8 Å². The number of nitrogens with zero attached hydrogens (tertiary/aromatic N) is 3. The lowest BCUT2D eigenvalue weighted by molar-refractivity contribution is 0.0786. The highest BCUT2D eigenvalue weighted by Gasteiger charge is 2.29. The molecule has 0 aromatic carbocycles. The maximum absolute atomic E-state index is 12.7. The minimum absolute atomic E-state index is 0.0591. The third-order valence-corrected chi connectivity index (χ3v) is 4.73. The number of carbonyl (C=O) groups excluding carboxylic acids is 1. The van der Waals surface area contributed by atoms with Gasteiger partial charge in [-0.15, -0.1) is 0 Å². The van der Waals surface area contributed by atoms with Crippen molar-refractivity contribution in [1.82, 2.24) is 20.1 Å². The molecule has 8 heteroatoms. The molecule has 1 aliphatic heterocycles. The average molecular weight is 375 g/mol. The van der Waals surface area contributed by atoms with Crippen molar-refractivity contribution in [3.63, 3.8) is 0 Å². The van der Waals surface area contributed by atoms with E-state index < -0.39 is 0 Å². The summed E-state index contributed by atoms with van der Waals surface area (Å²) in [7, 11) is 0. The second kappa shape index (κ2) is 7.86. The number of H-pyrrole nitrogens is 1. The molecule has 0 radical (unpaired) electrons. The summed E-state index contributed by atoms with van der Waals surface area (Å²) in [5.74, 6) is 0.927. The van der Waals surface area contributed by atoms with E-state index in [0.717, 1.165) is 17.7 Å². The second-order valence-electron chi connectivity index (χ2n) is 6.79. The lowest BCUT2D eigenvalue weighted by Gasteiger charge is -2.18. The van der Waals surface area contributed by atoms with Crippen molar-refractivity contribution < 1.29 is 4.79 Å². The zero-order chi connectivity index (χ0) is 18.7. The summed E-state index contributed by atoms with van der Waals surface area (Å²) in [4.78, 5) is 18.8. The molecule has 1 saturated heterocycles. The van der Waals surface area contributed by atoms with Crippen LogP contribution < -0.4 is 5.32 Å². The molecule has 1 aliphatic rings. The first-order chi connectivity index (χ1) is 12.5. The highest BCUT2D eigenvalue weighted by Crippen LogP contribution is 2.22. The van der Waals surface area contributed by atoms with Crippen LogP contribution in [0, 0.1) is 5.41 Å². The molecular weight excluding hydrogens is 352 g/mol. The van der Waals surface area contributed by atoms with Crippen LogP contribution in [-0.2, 0) is 6.42 Å². The molecule has 138 valence electrons. The van der Waals surface area contributed by atoms with Gasteiger partial charge in [-0.2, -0.15) is 5.10 Å². The van der Waals surface area contributed by atoms with Crippen LogP contribution in [0.5, 0.6) is 0 Å². The van der Waals surface area contributed by atoms with Gasteiger partial charge in [-0.3, -0.25) is 9.89 Å². The molecule has 3 rings (SSSR count). The van der Waals surface area contributed by atoms with E-state index in [-0.39, 0.29) is 11.9 Å². The largest absolute Gasteiger partial charge is 0.365 e. The smallest absolute Gasteiger partial charge is 0.274 e. The quantitative estimate of drug-likeness (QED) is 0.534. The fourth-order valence-electron chi connectivity index (χ4n) is 3.02. The predicted molar refractivity (Wildman–Crippen MR) is 102 cm³/mol. The number of amides is 1. The number of likely N-dealkylation sites (tertiary alicyclic amines) is 1. The van der Waals surface area contributed by atoms with Crippen LogP contribution in [0.25, 0.3) is 0 Å². The number of carbonyl (C=O) groups is 1. The minimum atomic E-state index is -0.0591. The minimum Gasteiger partial charge on any atom is -0.365 e. The molecule has 0 saturated carbocycles. The fraction of sp³-hybridized carbons (Fsp3) is 0.444. The third-order valence-electron chi connectivity index (χ3n) is 4.52. The number of rotatable bonds is 6. The van der Waals surface area contributed by atoms with Crippen LogP contribution in [0.15, 0.2) is 18.2 Å². The molecule has 2 aromatic rings. The first-order valence-electron chi connectivity index (χ1n) is 8.73. The summed E-state index contributed by atoms with van der Waals surface area (Å²) in [6, 6.07) is 5.52. The van der Waals surface area contributed by atoms with Gasteiger partial charge in [0, 0.05) is 31.2 Å². The highest BCUT2D eigenvalue weighted by atomic mass is 35.5. The summed E-state index contributed by atoms with van der Waals surface area (Å²) in [6.45, 7) is 5.37. The molecule has 3 heterocycles. The molecule has 0 aliphatic carbocycles. The Morgan fingerprint density at radius 3 is 3.04 bits per heavy atom. The SMILES string of the molecule is CC(C)c1cc(C(=O)N2CCC(Nc3nc(Cl)ccc3CC=N)C2)n[nH]1. The van der Waals surface area contributed by atoms with Crippen LogP contribution in [0.1, 0.15) is 47.9 Å². The number of hydrogen-bond donors (Lipinski definition) is 3. The molecule has 1 atom stereocenters. The van der Waals surface area contributed by atoms with E-state index >= 15 is 0 Å². The Morgan fingerprint density at radius 2 is 2.35 bits per heavy atom. The highest BCUT2D eigenvalue weighted by molar-refractivity contribution is 6.29. The number of anilines is 1. The zero-order valence-corrected chi connectivity index (χ0v) is 15.7. The Kier molecular flexibility index (Phi) is 5.56. The van der Waals surface area contributed by atoms with Gasteiger partial charge in [0.25, 0.3) is 5.91 Å². The molecular formula is C18H23ClN6O. The Morgan fingerprint density at radius 1 is 1.54 bits per heavy atom. The summed E-state index contributed by atoms with van der Waals surface area (Å²) in [5.41, 5.74) is 2.34. The Labute approximate surface area is 157 Å². The number of nitrogens with one attached hydrogen (secondary N) is 3. The second-order valence-corrected chi connectivity index (χ2v) is 7.18. The number of hydrogen-bond acceptors (Lipinski definition) is 5. The van der Waals surface area contributed by atoms with Crippen molar-refractivity contribution in [1.29, 1.82) is 5.41 Å². The molecule has 3 N–H and O–H groups in total. The molecule has 1 fully saturated rings. The van der Waals surface area contributed by atoms with E-state index in [1.54, 1.807) is 11.0 Å². The fourth-order valence-corrected chi connectivity index (χ4v) is 3.17. The van der Waals surface area contributed by atoms with Gasteiger partial charge in [-0.05, 0) is 36.2 Å². The van der Waals surface area contributed by atoms with Crippen LogP contribution >= 0.6 is 11.6 Å². The maximum Gasteiger partial charge on any atom is 0.274 e. The standard InChI is InChI=1S/C18H23ClN6O/c1-11(2)14-9-15(24-23-14)18(26)25-8-6-13(10-25)21-17-12(5-7-20)3-4-16(19)22-17/h3-4,7,9,11,13,20H,5-6,8,10H2,1-2H3,(H,21,22)(H,23,24). The Hall–Kier alpha value is -2.41. The number of aromatic nitrogens is 3. The van der Waals surface area contributed by atoms with Gasteiger partial charge < -0.3 is 15.6 Å². The van der Waals surface area contributed by atoms with Crippen LogP contribution in [0.3, 0.4) is 0 Å². The van der Waals surface area contributed by atoms with Crippen molar-refractivity contribution in [3.05, 3.63) is 40.3 Å². The molecule has 2 aromatic heterocycles. The summed E-state index contributed by atoms with van der Waals surface area (Å²) in [6.07, 6.45) is 2.66. The van der Waals surface area contributed by atoms with Gasteiger partial charge in [-0.25, -0.2) is 4.98 Å². The third kappa shape index (κ3) is 4.04. The van der Waals surface area contributed by atoms with Gasteiger partial charge in [0.15, 0.2) is 0 Å². The molecule has 0 bridgehead atoms. The monoisotopic (exact) mass is 374 g/mol. The molecule has 26 heavy (non-hydrogen) atoms. The molecule has 0 spiro atoms. The number of aromatic amines is 1. The summed E-state index contributed by atoms with van der Waals surface area (Å²) in [5, 5.41) is 18.2. The van der Waals surface area contributed by atoms with Crippen LogP contribution in [0.4, 0.5) is 5.82 Å². The van der Waals surface area contributed by atoms with Crippen molar-refractivity contribution in [2.45, 2.75) is 38.6 Å². The van der Waals surface area contributed by atoms with E-state index in [2.05, 4.69) is 34.3 Å². The lowest BCUT2D eigenvalue weighted by atomic mass is 10.1. The Balaban J connectivity index is 1.66. The number of pyridine rings is 1. The summed E-state index contributed by atoms with van der Waals surface area (Å²) < 4.78 is 0. The molecule has 1 unspecified atom stereocenters. The van der Waals surface area contributed by atoms with E-state index in [4.69, 9.17) is 17.0 Å². The normalized spacial score (nSPS) is 16.9. The van der Waals surface area contributed by atoms with Gasteiger partial charge in [0.05, 0.1) is 0 Å². The van der Waals surface area contributed by atoms with Crippen molar-refractivity contribution in [3.8, 4) is 0 Å². The predicted octanol–water partition coefficient (Wildman–Crippen LogP) is 3.10. The first kappa shape index (κ1) is 18.4. The van der Waals surface area contributed by atoms with E-state index in [1.807, 2.05) is 12.1 Å². The van der Waals surface area contributed by atoms with E-state index in [9.17, 15) is 4.79 Å². The van der Waals surface area contributed by atoms with Gasteiger partial charge in [0.1, 0.15) is 16.7 Å². The lowest BCUT2D eigenvalue weighted by Crippen LogP contribution is -2.32. The maximum atomic E-state index is 12.7. The van der Waals surface area contributed by atoms with E-state index in [1.165, 1.54) is 6.21 Å². The van der Waals surface area contributed by atoms with Crippen molar-refractivity contribution in [2.24, 2.45) is 0 Å². The van der Waals surface area contributed by atoms with E-state index in [0.29, 0.717) is 42.1 Å². The van der Waals surface area contributed by atoms with Gasteiger partial charge in [-0.1, -0.05) is 31.5 Å². The average Bonchev–Trinajstić information content (AvgIpc) is 3.26. The molecule has 1 amide bonds. The summed E-state index contributed by atoms with van der Waals surface area (Å²) >= 11 is 6.00. The van der Waals surface area contributed by atoms with Crippen LogP contribution in [0.2, 0.25) is 5.15 Å².